The smallest absolute Gasteiger partial charge is 0.321 e. The number of piperidine rings is 1. The summed E-state index contributed by atoms with van der Waals surface area (Å²) in [5.41, 5.74) is -0.735. The summed E-state index contributed by atoms with van der Waals surface area (Å²) >= 11 is 0. The van der Waals surface area contributed by atoms with Gasteiger partial charge < -0.3 is 10.2 Å². The highest BCUT2D eigenvalue weighted by molar-refractivity contribution is 7.89. The van der Waals surface area contributed by atoms with Crippen LogP contribution in [0, 0.1) is 39.4 Å². The van der Waals surface area contributed by atoms with E-state index in [4.69, 9.17) is 0 Å². The van der Waals surface area contributed by atoms with Gasteiger partial charge in [-0.05, 0) is 24.0 Å². The standard InChI is InChI=1S/C18H15F3N4O5S/c19-13-5-15(21)16(6-14(13)20)22-18(26)24-7-11-12(8-24)17(11)23-31(29,30)10-3-1-9(2-4-10)25(27)28/h1-6,11-12,17,23H,7-8H2,(H,22,26). The summed E-state index contributed by atoms with van der Waals surface area (Å²) < 4.78 is 67.4. The molecule has 2 amide bonds. The summed E-state index contributed by atoms with van der Waals surface area (Å²) in [5, 5.41) is 12.9. The minimum atomic E-state index is -3.90. The van der Waals surface area contributed by atoms with Gasteiger partial charge in [-0.25, -0.2) is 31.1 Å². The highest BCUT2D eigenvalue weighted by atomic mass is 32.2. The Labute approximate surface area is 174 Å². The molecule has 2 N–H and O–H groups in total. The number of amides is 2. The van der Waals surface area contributed by atoms with Crippen LogP contribution in [0.25, 0.3) is 0 Å². The number of nitro groups is 1. The van der Waals surface area contributed by atoms with Crippen molar-refractivity contribution in [3.63, 3.8) is 0 Å². The number of hydrogen-bond donors (Lipinski definition) is 2. The molecule has 1 aliphatic carbocycles. The Hall–Kier alpha value is -3.19. The molecule has 0 spiro atoms. The molecule has 0 radical (unpaired) electrons. The maximum absolute atomic E-state index is 13.7. The molecule has 2 aliphatic rings. The Morgan fingerprint density at radius 2 is 1.61 bits per heavy atom. The number of nitro benzene ring substituents is 1. The number of fused-ring (bicyclic) bond motifs is 1. The van der Waals surface area contributed by atoms with Crippen LogP contribution < -0.4 is 10.0 Å². The van der Waals surface area contributed by atoms with Crippen LogP contribution in [0.15, 0.2) is 41.3 Å². The first kappa shape index (κ1) is 21.1. The third-order valence-corrected chi connectivity index (χ3v) is 6.86. The average molecular weight is 456 g/mol. The number of non-ortho nitro benzene ring substituents is 1. The van der Waals surface area contributed by atoms with Gasteiger partial charge in [0.25, 0.3) is 5.69 Å². The molecule has 2 aromatic rings. The van der Waals surface area contributed by atoms with E-state index in [0.717, 1.165) is 24.3 Å². The van der Waals surface area contributed by atoms with Crippen LogP contribution in [0.1, 0.15) is 0 Å². The zero-order valence-electron chi connectivity index (χ0n) is 15.6. The number of benzene rings is 2. The molecular formula is C18H15F3N4O5S. The van der Waals surface area contributed by atoms with Crippen molar-refractivity contribution in [3.8, 4) is 0 Å². The molecule has 13 heteroatoms. The number of urea groups is 1. The number of nitrogens with zero attached hydrogens (tertiary/aromatic N) is 2. The van der Waals surface area contributed by atoms with E-state index in [1.165, 1.54) is 4.90 Å². The molecule has 0 aromatic heterocycles. The van der Waals surface area contributed by atoms with Gasteiger partial charge >= 0.3 is 6.03 Å². The Morgan fingerprint density at radius 3 is 2.19 bits per heavy atom. The number of sulfonamides is 1. The second-order valence-electron chi connectivity index (χ2n) is 7.31. The molecule has 9 nitrogen and oxygen atoms in total. The van der Waals surface area contributed by atoms with Crippen LogP contribution in [0.4, 0.5) is 29.3 Å². The van der Waals surface area contributed by atoms with Crippen molar-refractivity contribution in [1.29, 1.82) is 0 Å². The molecule has 1 saturated heterocycles. The van der Waals surface area contributed by atoms with Gasteiger partial charge in [-0.3, -0.25) is 10.1 Å². The lowest BCUT2D eigenvalue weighted by atomic mass is 10.3. The highest BCUT2D eigenvalue weighted by Crippen LogP contribution is 2.46. The quantitative estimate of drug-likeness (QED) is 0.407. The van der Waals surface area contributed by atoms with Gasteiger partial charge in [0.15, 0.2) is 11.6 Å². The minimum absolute atomic E-state index is 0.119. The van der Waals surface area contributed by atoms with Crippen LogP contribution in [0.2, 0.25) is 0 Å². The number of likely N-dealkylation sites (tertiary alicyclic amines) is 1. The normalized spacial score (nSPS) is 22.2. The van der Waals surface area contributed by atoms with Gasteiger partial charge in [-0.1, -0.05) is 0 Å². The molecule has 4 rings (SSSR count). The van der Waals surface area contributed by atoms with Crippen LogP contribution in [0.5, 0.6) is 0 Å². The largest absolute Gasteiger partial charge is 0.324 e. The second-order valence-corrected chi connectivity index (χ2v) is 9.02. The molecule has 2 aromatic carbocycles. The van der Waals surface area contributed by atoms with E-state index in [1.807, 2.05) is 0 Å². The van der Waals surface area contributed by atoms with Gasteiger partial charge in [0.05, 0.1) is 15.5 Å². The molecule has 164 valence electrons. The van der Waals surface area contributed by atoms with Crippen LogP contribution in [-0.2, 0) is 10.0 Å². The number of carbonyl (C=O) groups excluding carboxylic acids is 1. The van der Waals surface area contributed by atoms with Gasteiger partial charge in [0.1, 0.15) is 5.82 Å². The van der Waals surface area contributed by atoms with Crippen LogP contribution in [-0.4, -0.2) is 43.4 Å². The number of hydrogen-bond acceptors (Lipinski definition) is 5. The van der Waals surface area contributed by atoms with Crippen molar-refractivity contribution >= 4 is 27.4 Å². The first-order valence-corrected chi connectivity index (χ1v) is 10.5. The molecule has 2 fully saturated rings. The monoisotopic (exact) mass is 456 g/mol. The summed E-state index contributed by atoms with van der Waals surface area (Å²) in [6.07, 6.45) is 0. The molecule has 1 heterocycles. The summed E-state index contributed by atoms with van der Waals surface area (Å²) in [6, 6.07) is 4.19. The topological polar surface area (TPSA) is 122 Å². The molecule has 2 unspecified atom stereocenters. The Kier molecular flexibility index (Phi) is 5.09. The summed E-state index contributed by atoms with van der Waals surface area (Å²) in [6.45, 7) is 0.379. The lowest BCUT2D eigenvalue weighted by Crippen LogP contribution is -2.39. The number of rotatable bonds is 5. The number of nitrogens with one attached hydrogen (secondary N) is 2. The minimum Gasteiger partial charge on any atom is -0.324 e. The van der Waals surface area contributed by atoms with Crippen molar-refractivity contribution in [3.05, 3.63) is 64.0 Å². The van der Waals surface area contributed by atoms with Crippen molar-refractivity contribution in [2.45, 2.75) is 10.9 Å². The van der Waals surface area contributed by atoms with E-state index in [0.29, 0.717) is 12.1 Å². The SMILES string of the molecule is O=C(Nc1cc(F)c(F)cc1F)N1CC2C(C1)C2NS(=O)(=O)c1ccc([N+](=O)[O-])cc1. The first-order chi connectivity index (χ1) is 14.6. The molecule has 31 heavy (non-hydrogen) atoms. The zero-order valence-corrected chi connectivity index (χ0v) is 16.4. The number of anilines is 1. The highest BCUT2D eigenvalue weighted by Gasteiger charge is 2.58. The zero-order chi connectivity index (χ0) is 22.5. The Morgan fingerprint density at radius 1 is 1.03 bits per heavy atom. The summed E-state index contributed by atoms with van der Waals surface area (Å²) in [7, 11) is -3.90. The maximum Gasteiger partial charge on any atom is 0.321 e. The van der Waals surface area contributed by atoms with Crippen molar-refractivity contribution in [2.75, 3.05) is 18.4 Å². The fourth-order valence-electron chi connectivity index (χ4n) is 3.67. The number of carbonyl (C=O) groups is 1. The summed E-state index contributed by atoms with van der Waals surface area (Å²) in [5.74, 6) is -4.12. The van der Waals surface area contributed by atoms with E-state index in [2.05, 4.69) is 10.0 Å². The third-order valence-electron chi connectivity index (χ3n) is 5.38. The van der Waals surface area contributed by atoms with E-state index < -0.39 is 50.2 Å². The lowest BCUT2D eigenvalue weighted by molar-refractivity contribution is -0.384. The Balaban J connectivity index is 1.34. The van der Waals surface area contributed by atoms with Gasteiger partial charge in [-0.2, -0.15) is 0 Å². The fraction of sp³-hybridized carbons (Fsp3) is 0.278. The van der Waals surface area contributed by atoms with Gasteiger partial charge in [0.2, 0.25) is 10.0 Å². The van der Waals surface area contributed by atoms with E-state index in [-0.39, 0.29) is 35.5 Å². The average Bonchev–Trinajstić information content (AvgIpc) is 3.13. The molecule has 1 aliphatic heterocycles. The fourth-order valence-corrected chi connectivity index (χ4v) is 5.01. The molecule has 1 saturated carbocycles. The van der Waals surface area contributed by atoms with E-state index in [9.17, 15) is 36.5 Å². The first-order valence-electron chi connectivity index (χ1n) is 9.04. The number of halogens is 3. The summed E-state index contributed by atoms with van der Waals surface area (Å²) in [4.78, 5) is 23.5. The molecule has 2 atom stereocenters. The van der Waals surface area contributed by atoms with Crippen LogP contribution >= 0.6 is 0 Å². The molecule has 0 bridgehead atoms. The van der Waals surface area contributed by atoms with Gasteiger partial charge in [0, 0.05) is 43.4 Å². The van der Waals surface area contributed by atoms with Crippen molar-refractivity contribution < 1.29 is 31.3 Å². The van der Waals surface area contributed by atoms with Gasteiger partial charge in [-0.15, -0.1) is 0 Å². The van der Waals surface area contributed by atoms with E-state index >= 15 is 0 Å². The predicted molar refractivity (Wildman–Crippen MR) is 101 cm³/mol. The van der Waals surface area contributed by atoms with Crippen LogP contribution in [0.3, 0.4) is 0 Å². The van der Waals surface area contributed by atoms with E-state index in [1.54, 1.807) is 0 Å². The Bertz CT molecular complexity index is 1160. The molecular weight excluding hydrogens is 441 g/mol. The second kappa shape index (κ2) is 7.50. The maximum atomic E-state index is 13.7. The van der Waals surface area contributed by atoms with Crippen molar-refractivity contribution in [1.82, 2.24) is 9.62 Å². The lowest BCUT2D eigenvalue weighted by Gasteiger charge is -2.21. The third kappa shape index (κ3) is 4.05. The predicted octanol–water partition coefficient (Wildman–Crippen LogP) is 2.45. The van der Waals surface area contributed by atoms with Crippen molar-refractivity contribution in [2.24, 2.45) is 11.8 Å².